The molecule has 2 aromatic heterocycles. The maximum absolute atomic E-state index is 12.1. The Morgan fingerprint density at radius 2 is 1.81 bits per heavy atom. The van der Waals surface area contributed by atoms with E-state index >= 15 is 0 Å². The lowest BCUT2D eigenvalue weighted by Crippen LogP contribution is -2.16. The topological polar surface area (TPSA) is 70.4 Å². The van der Waals surface area contributed by atoms with Gasteiger partial charge in [-0.1, -0.05) is 24.3 Å². The molecule has 2 N–H and O–H groups in total. The Morgan fingerprint density at radius 3 is 2.43 bits per heavy atom. The van der Waals surface area contributed by atoms with Crippen molar-refractivity contribution >= 4 is 5.52 Å². The Hall–Kier alpha value is -2.40. The zero-order valence-corrected chi connectivity index (χ0v) is 12.2. The molecule has 108 valence electrons. The Kier molecular flexibility index (Phi) is 2.95. The minimum atomic E-state index is -0.889. The van der Waals surface area contributed by atoms with Crippen molar-refractivity contribution in [3.05, 3.63) is 58.0 Å². The van der Waals surface area contributed by atoms with Crippen molar-refractivity contribution in [1.29, 1.82) is 0 Å². The van der Waals surface area contributed by atoms with Crippen LogP contribution in [0.25, 0.3) is 16.9 Å². The normalized spacial score (nSPS) is 12.0. The molecule has 0 atom stereocenters. The van der Waals surface area contributed by atoms with Crippen molar-refractivity contribution in [2.75, 3.05) is 0 Å². The molecule has 0 unspecified atom stereocenters. The number of nitrogens with one attached hydrogen (secondary N) is 1. The average Bonchev–Trinajstić information content (AvgIpc) is 2.80. The van der Waals surface area contributed by atoms with E-state index in [9.17, 15) is 9.90 Å². The van der Waals surface area contributed by atoms with Crippen LogP contribution in [0, 0.1) is 6.92 Å². The second-order valence-electron chi connectivity index (χ2n) is 5.71. The number of aliphatic hydroxyl groups is 1. The molecule has 5 nitrogen and oxygen atoms in total. The zero-order chi connectivity index (χ0) is 15.2. The van der Waals surface area contributed by atoms with Gasteiger partial charge in [-0.25, -0.2) is 4.52 Å². The minimum Gasteiger partial charge on any atom is -0.386 e. The van der Waals surface area contributed by atoms with Crippen LogP contribution in [0.1, 0.15) is 25.1 Å². The van der Waals surface area contributed by atoms with Gasteiger partial charge in [-0.05, 0) is 38.5 Å². The highest BCUT2D eigenvalue weighted by Gasteiger charge is 2.16. The van der Waals surface area contributed by atoms with E-state index in [1.807, 2.05) is 37.3 Å². The largest absolute Gasteiger partial charge is 0.386 e. The monoisotopic (exact) mass is 283 g/mol. The highest BCUT2D eigenvalue weighted by atomic mass is 16.3. The van der Waals surface area contributed by atoms with Gasteiger partial charge in [0, 0.05) is 11.3 Å². The van der Waals surface area contributed by atoms with Gasteiger partial charge in [-0.3, -0.25) is 4.79 Å². The lowest BCUT2D eigenvalue weighted by Gasteiger charge is -2.17. The van der Waals surface area contributed by atoms with Gasteiger partial charge in [0.25, 0.3) is 5.56 Å². The summed E-state index contributed by atoms with van der Waals surface area (Å²) in [7, 11) is 0. The number of aromatic amines is 1. The molecule has 5 heteroatoms. The lowest BCUT2D eigenvalue weighted by molar-refractivity contribution is 0.0786. The van der Waals surface area contributed by atoms with Crippen LogP contribution in [0.15, 0.2) is 41.2 Å². The predicted octanol–water partition coefficient (Wildman–Crippen LogP) is 2.23. The van der Waals surface area contributed by atoms with Crippen LogP contribution in [-0.4, -0.2) is 19.7 Å². The van der Waals surface area contributed by atoms with E-state index in [4.69, 9.17) is 0 Å². The van der Waals surface area contributed by atoms with Gasteiger partial charge in [0.05, 0.1) is 5.60 Å². The molecule has 0 saturated heterocycles. The van der Waals surface area contributed by atoms with Gasteiger partial charge < -0.3 is 10.1 Å². The number of hydrogen-bond donors (Lipinski definition) is 2. The number of rotatable bonds is 2. The summed E-state index contributed by atoms with van der Waals surface area (Å²) in [6.07, 6.45) is 0. The van der Waals surface area contributed by atoms with Gasteiger partial charge in [0.1, 0.15) is 5.52 Å². The van der Waals surface area contributed by atoms with Gasteiger partial charge in [-0.15, -0.1) is 5.10 Å². The molecular formula is C16H17N3O2. The number of aryl methyl sites for hydroxylation is 1. The van der Waals surface area contributed by atoms with Crippen LogP contribution >= 0.6 is 0 Å². The highest BCUT2D eigenvalue weighted by Crippen LogP contribution is 2.22. The molecule has 0 saturated carbocycles. The number of H-pyrrole nitrogens is 1. The Balaban J connectivity index is 2.12. The molecule has 0 aliphatic rings. The van der Waals surface area contributed by atoms with Crippen molar-refractivity contribution < 1.29 is 5.11 Å². The molecule has 0 spiro atoms. The Labute approximate surface area is 121 Å². The van der Waals surface area contributed by atoms with Gasteiger partial charge >= 0.3 is 0 Å². The summed E-state index contributed by atoms with van der Waals surface area (Å²) in [5, 5.41) is 14.4. The molecule has 3 aromatic rings. The van der Waals surface area contributed by atoms with Gasteiger partial charge in [0.2, 0.25) is 0 Å². The molecule has 0 aliphatic heterocycles. The molecule has 0 fully saturated rings. The standard InChI is InChI=1S/C16H17N3O2/c1-10-4-9-13-15(20)17-14(18-19(10)13)11-5-7-12(8-6-11)16(2,3)21/h4-9,21H,1-3H3,(H,17,18,20). The fourth-order valence-electron chi connectivity index (χ4n) is 2.30. The van der Waals surface area contributed by atoms with Crippen molar-refractivity contribution in [3.63, 3.8) is 0 Å². The Morgan fingerprint density at radius 1 is 1.14 bits per heavy atom. The maximum Gasteiger partial charge on any atom is 0.275 e. The summed E-state index contributed by atoms with van der Waals surface area (Å²) in [4.78, 5) is 14.8. The van der Waals surface area contributed by atoms with E-state index in [2.05, 4.69) is 10.1 Å². The van der Waals surface area contributed by atoms with E-state index in [1.165, 1.54) is 0 Å². The van der Waals surface area contributed by atoms with E-state index in [0.717, 1.165) is 16.8 Å². The fourth-order valence-corrected chi connectivity index (χ4v) is 2.30. The SMILES string of the molecule is Cc1ccc2c(=O)[nH]c(-c3ccc(C(C)(C)O)cc3)nn12. The van der Waals surface area contributed by atoms with E-state index < -0.39 is 5.60 Å². The number of hydrogen-bond acceptors (Lipinski definition) is 3. The number of benzene rings is 1. The third-order valence-electron chi connectivity index (χ3n) is 3.57. The summed E-state index contributed by atoms with van der Waals surface area (Å²) in [6, 6.07) is 11.0. The molecule has 21 heavy (non-hydrogen) atoms. The lowest BCUT2D eigenvalue weighted by atomic mass is 9.97. The van der Waals surface area contributed by atoms with Crippen LogP contribution < -0.4 is 5.56 Å². The molecule has 0 radical (unpaired) electrons. The van der Waals surface area contributed by atoms with Crippen LogP contribution in [0.2, 0.25) is 0 Å². The number of fused-ring (bicyclic) bond motifs is 1. The molecule has 0 amide bonds. The van der Waals surface area contributed by atoms with Crippen LogP contribution in [0.3, 0.4) is 0 Å². The summed E-state index contributed by atoms with van der Waals surface area (Å²) >= 11 is 0. The quantitative estimate of drug-likeness (QED) is 0.757. The first-order chi connectivity index (χ1) is 9.86. The van der Waals surface area contributed by atoms with Crippen molar-refractivity contribution in [2.24, 2.45) is 0 Å². The number of nitrogens with zero attached hydrogens (tertiary/aromatic N) is 2. The predicted molar refractivity (Wildman–Crippen MR) is 81.2 cm³/mol. The average molecular weight is 283 g/mol. The third kappa shape index (κ3) is 2.36. The summed E-state index contributed by atoms with van der Waals surface area (Å²) < 4.78 is 1.64. The number of aromatic nitrogens is 3. The fraction of sp³-hybridized carbons (Fsp3) is 0.250. The molecule has 3 rings (SSSR count). The Bertz CT molecular complexity index is 852. The third-order valence-corrected chi connectivity index (χ3v) is 3.57. The minimum absolute atomic E-state index is 0.167. The van der Waals surface area contributed by atoms with Crippen LogP contribution in [0.5, 0.6) is 0 Å². The zero-order valence-electron chi connectivity index (χ0n) is 12.2. The summed E-state index contributed by atoms with van der Waals surface area (Å²) in [5.74, 6) is 0.508. The molecule has 0 aliphatic carbocycles. The van der Waals surface area contributed by atoms with Crippen molar-refractivity contribution in [2.45, 2.75) is 26.4 Å². The van der Waals surface area contributed by atoms with E-state index in [-0.39, 0.29) is 5.56 Å². The van der Waals surface area contributed by atoms with Crippen LogP contribution in [-0.2, 0) is 5.60 Å². The first kappa shape index (κ1) is 13.6. The maximum atomic E-state index is 12.1. The summed E-state index contributed by atoms with van der Waals surface area (Å²) in [6.45, 7) is 5.37. The summed E-state index contributed by atoms with van der Waals surface area (Å²) in [5.41, 5.74) is 2.00. The first-order valence-corrected chi connectivity index (χ1v) is 6.78. The smallest absolute Gasteiger partial charge is 0.275 e. The second-order valence-corrected chi connectivity index (χ2v) is 5.71. The molecular weight excluding hydrogens is 266 g/mol. The second kappa shape index (κ2) is 4.56. The highest BCUT2D eigenvalue weighted by molar-refractivity contribution is 5.57. The van der Waals surface area contributed by atoms with Crippen LogP contribution in [0.4, 0.5) is 0 Å². The first-order valence-electron chi connectivity index (χ1n) is 6.78. The van der Waals surface area contributed by atoms with Crippen molar-refractivity contribution in [1.82, 2.24) is 14.6 Å². The molecule has 0 bridgehead atoms. The van der Waals surface area contributed by atoms with Crippen molar-refractivity contribution in [3.8, 4) is 11.4 Å². The molecule has 2 heterocycles. The van der Waals surface area contributed by atoms with E-state index in [1.54, 1.807) is 24.4 Å². The van der Waals surface area contributed by atoms with Gasteiger partial charge in [0.15, 0.2) is 5.82 Å². The van der Waals surface area contributed by atoms with E-state index in [0.29, 0.717) is 11.3 Å². The molecule has 1 aromatic carbocycles. The van der Waals surface area contributed by atoms with Gasteiger partial charge in [-0.2, -0.15) is 0 Å².